The number of rotatable bonds is 20. The highest BCUT2D eigenvalue weighted by Gasteiger charge is 2.18. The van der Waals surface area contributed by atoms with Crippen LogP contribution >= 0.6 is 0 Å². The van der Waals surface area contributed by atoms with Crippen LogP contribution < -0.4 is 5.32 Å². The van der Waals surface area contributed by atoms with Crippen LogP contribution in [-0.4, -0.2) is 90.0 Å². The van der Waals surface area contributed by atoms with Gasteiger partial charge in [0.2, 0.25) is 5.91 Å². The molecule has 0 radical (unpaired) electrons. The maximum atomic E-state index is 13.9. The fourth-order valence-corrected chi connectivity index (χ4v) is 1.91. The molecule has 0 aliphatic carbocycles. The number of ether oxygens (including phenoxy) is 5. The van der Waals surface area contributed by atoms with Crippen LogP contribution in [0.1, 0.15) is 34.1 Å². The zero-order valence-corrected chi connectivity index (χ0v) is 18.2. The van der Waals surface area contributed by atoms with Gasteiger partial charge in [0.05, 0.1) is 65.5 Å². The second-order valence-corrected chi connectivity index (χ2v) is 6.77. The summed E-state index contributed by atoms with van der Waals surface area (Å²) >= 11 is 0. The average Bonchev–Trinajstić information content (AvgIpc) is 2.71. The predicted molar refractivity (Wildman–Crippen MR) is 107 cm³/mol. The van der Waals surface area contributed by atoms with Gasteiger partial charge in [-0.3, -0.25) is 9.59 Å². The van der Waals surface area contributed by atoms with E-state index in [1.165, 1.54) is 0 Å². The number of alkyl halides is 1. The molecule has 9 heteroatoms. The molecule has 0 aromatic carbocycles. The maximum absolute atomic E-state index is 13.9. The summed E-state index contributed by atoms with van der Waals surface area (Å²) < 4.78 is 40.4. The van der Waals surface area contributed by atoms with Gasteiger partial charge in [0.25, 0.3) is 0 Å². The molecule has 172 valence electrons. The van der Waals surface area contributed by atoms with Gasteiger partial charge in [0.15, 0.2) is 5.78 Å². The molecule has 0 bridgehead atoms. The van der Waals surface area contributed by atoms with E-state index in [2.05, 4.69) is 5.32 Å². The first-order valence-corrected chi connectivity index (χ1v) is 10.2. The lowest BCUT2D eigenvalue weighted by atomic mass is 10.2. The number of halogens is 1. The van der Waals surface area contributed by atoms with E-state index in [0.717, 1.165) is 0 Å². The third-order valence-electron chi connectivity index (χ3n) is 3.89. The minimum Gasteiger partial charge on any atom is -0.377 e. The quantitative estimate of drug-likeness (QED) is 0.297. The topological polar surface area (TPSA) is 92.3 Å². The Morgan fingerprint density at radius 2 is 1.31 bits per heavy atom. The number of amides is 1. The molecule has 0 rings (SSSR count). The Labute approximate surface area is 173 Å². The molecule has 2 unspecified atom stereocenters. The average molecular weight is 424 g/mol. The van der Waals surface area contributed by atoms with Crippen molar-refractivity contribution in [2.75, 3.05) is 66.0 Å². The van der Waals surface area contributed by atoms with Crippen LogP contribution in [0.2, 0.25) is 0 Å². The van der Waals surface area contributed by atoms with Gasteiger partial charge in [-0.15, -0.1) is 0 Å². The number of hydrogen-bond acceptors (Lipinski definition) is 7. The normalized spacial score (nSPS) is 13.4. The summed E-state index contributed by atoms with van der Waals surface area (Å²) in [4.78, 5) is 22.4. The van der Waals surface area contributed by atoms with Crippen LogP contribution in [0.5, 0.6) is 0 Å². The van der Waals surface area contributed by atoms with Gasteiger partial charge >= 0.3 is 0 Å². The van der Waals surface area contributed by atoms with Crippen molar-refractivity contribution in [2.45, 2.75) is 46.4 Å². The van der Waals surface area contributed by atoms with Crippen molar-refractivity contribution >= 4 is 11.7 Å². The Morgan fingerprint density at radius 1 is 0.828 bits per heavy atom. The van der Waals surface area contributed by atoms with E-state index >= 15 is 0 Å². The minimum absolute atomic E-state index is 0.0576. The second-order valence-electron chi connectivity index (χ2n) is 6.77. The molecule has 0 saturated heterocycles. The number of Topliss-reactive ketones (excluding diaryl/α,β-unsaturated/α-hetero) is 1. The second kappa shape index (κ2) is 18.9. The Hall–Kier alpha value is -1.13. The molecular weight excluding hydrogens is 385 g/mol. The number of carbonyl (C=O) groups excluding carboxylic acids is 2. The Kier molecular flexibility index (Phi) is 18.1. The summed E-state index contributed by atoms with van der Waals surface area (Å²) in [5, 5.41) is 2.55. The van der Waals surface area contributed by atoms with Crippen molar-refractivity contribution in [3.63, 3.8) is 0 Å². The Balaban J connectivity index is 3.36. The molecule has 0 heterocycles. The van der Waals surface area contributed by atoms with E-state index in [1.807, 2.05) is 0 Å². The lowest BCUT2D eigenvalue weighted by Crippen LogP contribution is -2.38. The highest BCUT2D eigenvalue weighted by Crippen LogP contribution is 2.03. The van der Waals surface area contributed by atoms with Crippen molar-refractivity contribution in [3.8, 4) is 0 Å². The zero-order chi connectivity index (χ0) is 21.9. The fourth-order valence-electron chi connectivity index (χ4n) is 1.91. The molecule has 0 saturated carbocycles. The summed E-state index contributed by atoms with van der Waals surface area (Å²) in [6.45, 7) is 10.1. The number of nitrogens with one attached hydrogen (secondary N) is 1. The van der Waals surface area contributed by atoms with Crippen molar-refractivity contribution in [1.29, 1.82) is 0 Å². The number of hydrogen-bond donors (Lipinski definition) is 1. The summed E-state index contributed by atoms with van der Waals surface area (Å²) in [5.74, 6) is -0.268. The van der Waals surface area contributed by atoms with Gasteiger partial charge in [0.1, 0.15) is 12.8 Å². The largest absolute Gasteiger partial charge is 0.377 e. The summed E-state index contributed by atoms with van der Waals surface area (Å²) in [6, 6.07) is 0. The van der Waals surface area contributed by atoms with Gasteiger partial charge in [-0.2, -0.15) is 0 Å². The third kappa shape index (κ3) is 17.4. The summed E-state index contributed by atoms with van der Waals surface area (Å²) in [5.41, 5.74) is 0. The molecule has 0 aliphatic heterocycles. The van der Waals surface area contributed by atoms with Crippen LogP contribution in [0.3, 0.4) is 0 Å². The predicted octanol–water partition coefficient (Wildman–Crippen LogP) is 1.55. The van der Waals surface area contributed by atoms with Crippen molar-refractivity contribution in [3.05, 3.63) is 0 Å². The molecule has 1 N–H and O–H groups in total. The summed E-state index contributed by atoms with van der Waals surface area (Å²) in [7, 11) is 0. The first-order valence-electron chi connectivity index (χ1n) is 10.2. The van der Waals surface area contributed by atoms with Crippen LogP contribution in [0.15, 0.2) is 0 Å². The van der Waals surface area contributed by atoms with E-state index in [-0.39, 0.29) is 37.4 Å². The molecule has 0 fully saturated rings. The van der Waals surface area contributed by atoms with Gasteiger partial charge < -0.3 is 29.0 Å². The standard InChI is InChI=1S/C20H38FNO7/c1-5-18(23)15-28-11-10-26-7-6-25-8-9-27-12-13-29-17(4)19(21)14-22-20(24)16(2)3/h16-17,19H,5-15H2,1-4H3,(H,22,24). The van der Waals surface area contributed by atoms with Crippen LogP contribution in [-0.2, 0) is 33.3 Å². The first-order chi connectivity index (χ1) is 13.9. The molecule has 2 atom stereocenters. The Morgan fingerprint density at radius 3 is 1.79 bits per heavy atom. The monoisotopic (exact) mass is 423 g/mol. The van der Waals surface area contributed by atoms with E-state index in [4.69, 9.17) is 23.7 Å². The molecule has 0 aliphatic rings. The molecule has 0 spiro atoms. The molecular formula is C20H38FNO7. The van der Waals surface area contributed by atoms with E-state index in [1.54, 1.807) is 27.7 Å². The van der Waals surface area contributed by atoms with Crippen molar-refractivity contribution in [1.82, 2.24) is 5.32 Å². The SMILES string of the molecule is CCC(=O)COCCOCCOCCOCCOC(C)C(F)CNC(=O)C(C)C. The lowest BCUT2D eigenvalue weighted by molar-refractivity contribution is -0.125. The Bertz CT molecular complexity index is 424. The van der Waals surface area contributed by atoms with Crippen LogP contribution in [0, 0.1) is 5.92 Å². The first kappa shape index (κ1) is 27.9. The van der Waals surface area contributed by atoms with E-state index in [0.29, 0.717) is 52.7 Å². The van der Waals surface area contributed by atoms with Crippen LogP contribution in [0.25, 0.3) is 0 Å². The number of ketones is 1. The highest BCUT2D eigenvalue weighted by molar-refractivity contribution is 5.79. The molecule has 1 amide bonds. The van der Waals surface area contributed by atoms with Crippen molar-refractivity contribution in [2.24, 2.45) is 5.92 Å². The van der Waals surface area contributed by atoms with Gasteiger partial charge in [-0.1, -0.05) is 20.8 Å². The summed E-state index contributed by atoms with van der Waals surface area (Å²) in [6.07, 6.45) is -1.40. The lowest BCUT2D eigenvalue weighted by Gasteiger charge is -2.18. The zero-order valence-electron chi connectivity index (χ0n) is 18.2. The molecule has 29 heavy (non-hydrogen) atoms. The number of carbonyl (C=O) groups is 2. The molecule has 8 nitrogen and oxygen atoms in total. The van der Waals surface area contributed by atoms with Gasteiger partial charge in [-0.05, 0) is 6.92 Å². The molecule has 0 aromatic rings. The van der Waals surface area contributed by atoms with Crippen molar-refractivity contribution < 1.29 is 37.7 Å². The molecule has 0 aromatic heterocycles. The highest BCUT2D eigenvalue weighted by atomic mass is 19.1. The third-order valence-corrected chi connectivity index (χ3v) is 3.89. The van der Waals surface area contributed by atoms with Gasteiger partial charge in [-0.25, -0.2) is 4.39 Å². The smallest absolute Gasteiger partial charge is 0.222 e. The minimum atomic E-state index is -1.27. The fraction of sp³-hybridized carbons (Fsp3) is 0.900. The van der Waals surface area contributed by atoms with Crippen LogP contribution in [0.4, 0.5) is 4.39 Å². The van der Waals surface area contributed by atoms with Gasteiger partial charge in [0, 0.05) is 12.3 Å². The van der Waals surface area contributed by atoms with E-state index < -0.39 is 12.3 Å². The van der Waals surface area contributed by atoms with E-state index in [9.17, 15) is 14.0 Å². The maximum Gasteiger partial charge on any atom is 0.222 e.